The Morgan fingerprint density at radius 1 is 1.29 bits per heavy atom. The standard InChI is InChI=1S/C16H20N2O3/c1-11(16(19)18-7-3-2-4-8-18)20-13-6-5-12-9-15(17)21-14(12)10-13/h5-6,9-11H,2-4,7-8,17H2,1H3. The van der Waals surface area contributed by atoms with Crippen molar-refractivity contribution in [2.24, 2.45) is 0 Å². The minimum absolute atomic E-state index is 0.0498. The fourth-order valence-corrected chi connectivity index (χ4v) is 2.73. The predicted octanol–water partition coefficient (Wildman–Crippen LogP) is 2.79. The Kier molecular flexibility index (Phi) is 3.73. The number of rotatable bonds is 3. The van der Waals surface area contributed by atoms with E-state index in [0.717, 1.165) is 31.3 Å². The lowest BCUT2D eigenvalue weighted by molar-refractivity contribution is -0.138. The van der Waals surface area contributed by atoms with Crippen molar-refractivity contribution < 1.29 is 13.9 Å². The lowest BCUT2D eigenvalue weighted by Crippen LogP contribution is -2.43. The molecule has 5 nitrogen and oxygen atoms in total. The molecule has 21 heavy (non-hydrogen) atoms. The van der Waals surface area contributed by atoms with Crippen LogP contribution in [0.2, 0.25) is 0 Å². The molecular formula is C16H20N2O3. The maximum absolute atomic E-state index is 12.3. The molecule has 0 aliphatic carbocycles. The van der Waals surface area contributed by atoms with Crippen LogP contribution in [0.3, 0.4) is 0 Å². The van der Waals surface area contributed by atoms with E-state index in [1.807, 2.05) is 17.0 Å². The molecule has 0 saturated carbocycles. The second-order valence-electron chi connectivity index (χ2n) is 5.49. The predicted molar refractivity (Wildman–Crippen MR) is 81.1 cm³/mol. The molecule has 1 atom stereocenters. The number of furan rings is 1. The molecule has 2 N–H and O–H groups in total. The van der Waals surface area contributed by atoms with E-state index in [1.165, 1.54) is 6.42 Å². The quantitative estimate of drug-likeness (QED) is 0.943. The van der Waals surface area contributed by atoms with Gasteiger partial charge >= 0.3 is 0 Å². The van der Waals surface area contributed by atoms with Crippen LogP contribution in [0.5, 0.6) is 5.75 Å². The molecule has 112 valence electrons. The molecule has 1 aromatic heterocycles. The van der Waals surface area contributed by atoms with E-state index in [-0.39, 0.29) is 5.91 Å². The van der Waals surface area contributed by atoms with E-state index in [9.17, 15) is 4.79 Å². The Labute approximate surface area is 123 Å². The number of hydrogen-bond acceptors (Lipinski definition) is 4. The zero-order valence-corrected chi connectivity index (χ0v) is 12.2. The van der Waals surface area contributed by atoms with Crippen LogP contribution >= 0.6 is 0 Å². The van der Waals surface area contributed by atoms with Crippen LogP contribution in [-0.4, -0.2) is 30.0 Å². The van der Waals surface area contributed by atoms with Crippen LogP contribution < -0.4 is 10.5 Å². The molecule has 2 heterocycles. The molecule has 0 radical (unpaired) electrons. The summed E-state index contributed by atoms with van der Waals surface area (Å²) in [6.45, 7) is 3.46. The van der Waals surface area contributed by atoms with Crippen molar-refractivity contribution in [3.63, 3.8) is 0 Å². The van der Waals surface area contributed by atoms with Crippen LogP contribution in [0.25, 0.3) is 11.0 Å². The molecule has 0 spiro atoms. The highest BCUT2D eigenvalue weighted by Gasteiger charge is 2.23. The number of piperidine rings is 1. The van der Waals surface area contributed by atoms with Gasteiger partial charge < -0.3 is 19.8 Å². The van der Waals surface area contributed by atoms with Crippen molar-refractivity contribution in [3.8, 4) is 5.75 Å². The van der Waals surface area contributed by atoms with Gasteiger partial charge in [-0.2, -0.15) is 0 Å². The highest BCUT2D eigenvalue weighted by Crippen LogP contribution is 2.26. The number of nitrogen functional groups attached to an aromatic ring is 1. The number of carbonyl (C=O) groups is 1. The van der Waals surface area contributed by atoms with Gasteiger partial charge in [0.25, 0.3) is 5.91 Å². The number of benzene rings is 1. The van der Waals surface area contributed by atoms with Crippen LogP contribution in [0.1, 0.15) is 26.2 Å². The number of amides is 1. The number of anilines is 1. The van der Waals surface area contributed by atoms with E-state index in [0.29, 0.717) is 17.2 Å². The second kappa shape index (κ2) is 5.68. The van der Waals surface area contributed by atoms with E-state index in [1.54, 1.807) is 19.1 Å². The number of hydrogen-bond donors (Lipinski definition) is 1. The minimum atomic E-state index is -0.493. The summed E-state index contributed by atoms with van der Waals surface area (Å²) >= 11 is 0. The zero-order valence-electron chi connectivity index (χ0n) is 12.2. The van der Waals surface area contributed by atoms with Crippen molar-refractivity contribution in [1.82, 2.24) is 4.90 Å². The van der Waals surface area contributed by atoms with Crippen molar-refractivity contribution in [1.29, 1.82) is 0 Å². The molecule has 1 aliphatic heterocycles. The average Bonchev–Trinajstić information content (AvgIpc) is 2.86. The maximum atomic E-state index is 12.3. The van der Waals surface area contributed by atoms with Gasteiger partial charge in [-0.05, 0) is 38.3 Å². The third-order valence-electron chi connectivity index (χ3n) is 3.84. The lowest BCUT2D eigenvalue weighted by atomic mass is 10.1. The Morgan fingerprint density at radius 2 is 2.05 bits per heavy atom. The van der Waals surface area contributed by atoms with Gasteiger partial charge in [-0.25, -0.2) is 0 Å². The van der Waals surface area contributed by atoms with Crippen molar-refractivity contribution in [2.45, 2.75) is 32.3 Å². The molecule has 1 amide bonds. The van der Waals surface area contributed by atoms with Gasteiger partial charge in [0.1, 0.15) is 11.3 Å². The second-order valence-corrected chi connectivity index (χ2v) is 5.49. The number of likely N-dealkylation sites (tertiary alicyclic amines) is 1. The molecule has 1 saturated heterocycles. The average molecular weight is 288 g/mol. The summed E-state index contributed by atoms with van der Waals surface area (Å²) in [4.78, 5) is 14.2. The summed E-state index contributed by atoms with van der Waals surface area (Å²) in [7, 11) is 0. The highest BCUT2D eigenvalue weighted by molar-refractivity contribution is 5.83. The van der Waals surface area contributed by atoms with E-state index in [2.05, 4.69) is 0 Å². The smallest absolute Gasteiger partial charge is 0.263 e. The van der Waals surface area contributed by atoms with Crippen molar-refractivity contribution in [2.75, 3.05) is 18.8 Å². The van der Waals surface area contributed by atoms with Gasteiger partial charge in [0.05, 0.1) is 0 Å². The first-order valence-electron chi connectivity index (χ1n) is 7.38. The molecule has 0 bridgehead atoms. The van der Waals surface area contributed by atoms with Gasteiger partial charge in [0.2, 0.25) is 0 Å². The molecule has 5 heteroatoms. The highest BCUT2D eigenvalue weighted by atomic mass is 16.5. The SMILES string of the molecule is CC(Oc1ccc2cc(N)oc2c1)C(=O)N1CCCCC1. The molecular weight excluding hydrogens is 268 g/mol. The summed E-state index contributed by atoms with van der Waals surface area (Å²) < 4.78 is 11.1. The molecule has 1 aliphatic rings. The van der Waals surface area contributed by atoms with Crippen LogP contribution in [0.15, 0.2) is 28.7 Å². The fraction of sp³-hybridized carbons (Fsp3) is 0.438. The van der Waals surface area contributed by atoms with E-state index in [4.69, 9.17) is 14.9 Å². The van der Waals surface area contributed by atoms with Crippen LogP contribution in [0.4, 0.5) is 5.88 Å². The van der Waals surface area contributed by atoms with Crippen LogP contribution in [0, 0.1) is 0 Å². The molecule has 1 fully saturated rings. The summed E-state index contributed by atoms with van der Waals surface area (Å²) in [5, 5.41) is 0.926. The third kappa shape index (κ3) is 2.96. The summed E-state index contributed by atoms with van der Waals surface area (Å²) in [6, 6.07) is 7.24. The summed E-state index contributed by atoms with van der Waals surface area (Å²) in [5.41, 5.74) is 6.29. The van der Waals surface area contributed by atoms with E-state index >= 15 is 0 Å². The monoisotopic (exact) mass is 288 g/mol. The Morgan fingerprint density at radius 3 is 2.81 bits per heavy atom. The largest absolute Gasteiger partial charge is 0.481 e. The summed E-state index contributed by atoms with van der Waals surface area (Å²) in [6.07, 6.45) is 2.87. The molecule has 2 aromatic rings. The zero-order chi connectivity index (χ0) is 14.8. The van der Waals surface area contributed by atoms with Gasteiger partial charge in [-0.1, -0.05) is 0 Å². The Bertz CT molecular complexity index is 644. The number of fused-ring (bicyclic) bond motifs is 1. The Balaban J connectivity index is 1.69. The van der Waals surface area contributed by atoms with Gasteiger partial charge in [-0.15, -0.1) is 0 Å². The first-order valence-corrected chi connectivity index (χ1v) is 7.38. The fourth-order valence-electron chi connectivity index (χ4n) is 2.73. The van der Waals surface area contributed by atoms with Crippen molar-refractivity contribution in [3.05, 3.63) is 24.3 Å². The van der Waals surface area contributed by atoms with Crippen LogP contribution in [-0.2, 0) is 4.79 Å². The van der Waals surface area contributed by atoms with Gasteiger partial charge in [0, 0.05) is 30.6 Å². The number of nitrogens with zero attached hydrogens (tertiary/aromatic N) is 1. The van der Waals surface area contributed by atoms with Gasteiger partial charge in [-0.3, -0.25) is 4.79 Å². The Hall–Kier alpha value is -2.17. The number of carbonyl (C=O) groups excluding carboxylic acids is 1. The van der Waals surface area contributed by atoms with Crippen molar-refractivity contribution >= 4 is 22.8 Å². The molecule has 1 aromatic carbocycles. The topological polar surface area (TPSA) is 68.7 Å². The minimum Gasteiger partial charge on any atom is -0.481 e. The summed E-state index contributed by atoms with van der Waals surface area (Å²) in [5.74, 6) is 1.04. The lowest BCUT2D eigenvalue weighted by Gasteiger charge is -2.29. The number of nitrogens with two attached hydrogens (primary N) is 1. The van der Waals surface area contributed by atoms with E-state index < -0.39 is 6.10 Å². The van der Waals surface area contributed by atoms with Gasteiger partial charge in [0.15, 0.2) is 12.0 Å². The third-order valence-corrected chi connectivity index (χ3v) is 3.84. The maximum Gasteiger partial charge on any atom is 0.263 e. The normalized spacial score (nSPS) is 16.9. The first kappa shape index (κ1) is 13.8. The first-order chi connectivity index (χ1) is 10.1. The molecule has 1 unspecified atom stereocenters. The molecule has 3 rings (SSSR count). The number of ether oxygens (including phenoxy) is 1.